The third-order valence-electron chi connectivity index (χ3n) is 2.96. The van der Waals surface area contributed by atoms with Gasteiger partial charge in [0, 0.05) is 6.04 Å². The number of hydrogen-bond acceptors (Lipinski definition) is 1. The molecular formula is C13H27N. The van der Waals surface area contributed by atoms with Crippen molar-refractivity contribution >= 4 is 0 Å². The maximum Gasteiger partial charge on any atom is 0.0330 e. The predicted octanol–water partition coefficient (Wildman–Crippen LogP) is 3.57. The molecule has 0 fully saturated rings. The summed E-state index contributed by atoms with van der Waals surface area (Å²) >= 11 is 0. The molecule has 0 aromatic heterocycles. The molecule has 0 heterocycles. The van der Waals surface area contributed by atoms with Crippen molar-refractivity contribution in [3.8, 4) is 0 Å². The predicted molar refractivity (Wildman–Crippen MR) is 65.5 cm³/mol. The molecule has 0 saturated heterocycles. The lowest BCUT2D eigenvalue weighted by atomic mass is 9.88. The highest BCUT2D eigenvalue weighted by Gasteiger charge is 2.23. The fraction of sp³-hybridized carbons (Fsp3) is 0.846. The lowest BCUT2D eigenvalue weighted by Crippen LogP contribution is -2.41. The summed E-state index contributed by atoms with van der Waals surface area (Å²) in [5, 5.41) is 0. The Hall–Kier alpha value is -0.300. The van der Waals surface area contributed by atoms with E-state index in [0.29, 0.717) is 17.9 Å². The summed E-state index contributed by atoms with van der Waals surface area (Å²) in [5.41, 5.74) is 1.38. The van der Waals surface area contributed by atoms with Crippen LogP contribution in [0, 0.1) is 11.8 Å². The third-order valence-corrected chi connectivity index (χ3v) is 2.96. The van der Waals surface area contributed by atoms with Crippen molar-refractivity contribution < 1.29 is 0 Å². The molecule has 14 heavy (non-hydrogen) atoms. The summed E-state index contributed by atoms with van der Waals surface area (Å²) < 4.78 is 0. The average molecular weight is 197 g/mol. The van der Waals surface area contributed by atoms with E-state index < -0.39 is 0 Å². The molecule has 0 aromatic rings. The SMILES string of the molecule is C=C(C(C)C)[C@@H](C(C)C)N(CC)CC. The Morgan fingerprint density at radius 2 is 1.50 bits per heavy atom. The molecule has 84 valence electrons. The fourth-order valence-electron chi connectivity index (χ4n) is 2.04. The molecule has 0 aliphatic heterocycles. The van der Waals surface area contributed by atoms with Crippen molar-refractivity contribution in [1.82, 2.24) is 4.90 Å². The second-order valence-electron chi connectivity index (χ2n) is 4.64. The van der Waals surface area contributed by atoms with Gasteiger partial charge >= 0.3 is 0 Å². The second kappa shape index (κ2) is 6.23. The Morgan fingerprint density at radius 3 is 1.71 bits per heavy atom. The van der Waals surface area contributed by atoms with Gasteiger partial charge in [0.2, 0.25) is 0 Å². The molecule has 0 rings (SSSR count). The molecular weight excluding hydrogens is 170 g/mol. The van der Waals surface area contributed by atoms with E-state index in [1.165, 1.54) is 5.57 Å². The molecule has 0 unspecified atom stereocenters. The monoisotopic (exact) mass is 197 g/mol. The Kier molecular flexibility index (Phi) is 6.10. The first-order valence-electron chi connectivity index (χ1n) is 5.88. The molecule has 0 amide bonds. The molecule has 1 nitrogen and oxygen atoms in total. The maximum atomic E-state index is 4.25. The topological polar surface area (TPSA) is 3.24 Å². The summed E-state index contributed by atoms with van der Waals surface area (Å²) in [5.74, 6) is 1.24. The first-order valence-corrected chi connectivity index (χ1v) is 5.88. The summed E-state index contributed by atoms with van der Waals surface area (Å²) in [6, 6.07) is 0.546. The minimum Gasteiger partial charge on any atom is -0.297 e. The van der Waals surface area contributed by atoms with Crippen molar-refractivity contribution in [1.29, 1.82) is 0 Å². The number of nitrogens with zero attached hydrogens (tertiary/aromatic N) is 1. The van der Waals surface area contributed by atoms with Gasteiger partial charge in [-0.15, -0.1) is 0 Å². The lowest BCUT2D eigenvalue weighted by Gasteiger charge is -2.35. The number of likely N-dealkylation sites (N-methyl/N-ethyl adjacent to an activating group) is 1. The van der Waals surface area contributed by atoms with E-state index >= 15 is 0 Å². The molecule has 0 bridgehead atoms. The van der Waals surface area contributed by atoms with Gasteiger partial charge < -0.3 is 0 Å². The van der Waals surface area contributed by atoms with Crippen molar-refractivity contribution in [2.75, 3.05) is 13.1 Å². The van der Waals surface area contributed by atoms with Gasteiger partial charge in [0.05, 0.1) is 0 Å². The molecule has 0 saturated carbocycles. The van der Waals surface area contributed by atoms with E-state index in [4.69, 9.17) is 0 Å². The van der Waals surface area contributed by atoms with Crippen LogP contribution in [0.3, 0.4) is 0 Å². The molecule has 1 heteroatoms. The molecule has 0 aliphatic carbocycles. The van der Waals surface area contributed by atoms with Crippen molar-refractivity contribution in [3.05, 3.63) is 12.2 Å². The van der Waals surface area contributed by atoms with E-state index in [-0.39, 0.29) is 0 Å². The van der Waals surface area contributed by atoms with Crippen LogP contribution in [-0.4, -0.2) is 24.0 Å². The summed E-state index contributed by atoms with van der Waals surface area (Å²) in [4.78, 5) is 2.51. The molecule has 0 aromatic carbocycles. The van der Waals surface area contributed by atoms with Gasteiger partial charge in [-0.2, -0.15) is 0 Å². The first-order chi connectivity index (χ1) is 6.45. The zero-order valence-electron chi connectivity index (χ0n) is 10.8. The third kappa shape index (κ3) is 3.45. The summed E-state index contributed by atoms with van der Waals surface area (Å²) in [6.45, 7) is 20.0. The van der Waals surface area contributed by atoms with Crippen molar-refractivity contribution in [2.45, 2.75) is 47.6 Å². The van der Waals surface area contributed by atoms with Crippen LogP contribution in [0.25, 0.3) is 0 Å². The zero-order valence-corrected chi connectivity index (χ0v) is 10.8. The van der Waals surface area contributed by atoms with E-state index in [1.54, 1.807) is 0 Å². The minimum absolute atomic E-state index is 0.546. The van der Waals surface area contributed by atoms with Gasteiger partial charge in [0.25, 0.3) is 0 Å². The normalized spacial score (nSPS) is 14.1. The highest BCUT2D eigenvalue weighted by atomic mass is 15.1. The van der Waals surface area contributed by atoms with Crippen molar-refractivity contribution in [3.63, 3.8) is 0 Å². The van der Waals surface area contributed by atoms with Gasteiger partial charge in [-0.25, -0.2) is 0 Å². The van der Waals surface area contributed by atoms with Crippen LogP contribution in [0.4, 0.5) is 0 Å². The first kappa shape index (κ1) is 13.7. The fourth-order valence-corrected chi connectivity index (χ4v) is 2.04. The van der Waals surface area contributed by atoms with Crippen LogP contribution in [0.5, 0.6) is 0 Å². The number of hydrogen-bond donors (Lipinski definition) is 0. The van der Waals surface area contributed by atoms with E-state index in [9.17, 15) is 0 Å². The molecule has 1 atom stereocenters. The van der Waals surface area contributed by atoms with Crippen LogP contribution in [-0.2, 0) is 0 Å². The van der Waals surface area contributed by atoms with Crippen LogP contribution < -0.4 is 0 Å². The lowest BCUT2D eigenvalue weighted by molar-refractivity contribution is 0.191. The summed E-state index contributed by atoms with van der Waals surface area (Å²) in [6.07, 6.45) is 0. The second-order valence-corrected chi connectivity index (χ2v) is 4.64. The van der Waals surface area contributed by atoms with Crippen molar-refractivity contribution in [2.24, 2.45) is 11.8 Å². The van der Waals surface area contributed by atoms with E-state index in [1.807, 2.05) is 0 Å². The quantitative estimate of drug-likeness (QED) is 0.588. The molecule has 0 radical (unpaired) electrons. The number of rotatable bonds is 6. The van der Waals surface area contributed by atoms with Crippen LogP contribution in [0.1, 0.15) is 41.5 Å². The summed E-state index contributed by atoms with van der Waals surface area (Å²) in [7, 11) is 0. The molecule has 0 spiro atoms. The van der Waals surface area contributed by atoms with Gasteiger partial charge in [-0.1, -0.05) is 53.7 Å². The van der Waals surface area contributed by atoms with E-state index in [0.717, 1.165) is 13.1 Å². The Morgan fingerprint density at radius 1 is 1.07 bits per heavy atom. The smallest absolute Gasteiger partial charge is 0.0330 e. The van der Waals surface area contributed by atoms with Gasteiger partial charge in [0.1, 0.15) is 0 Å². The minimum atomic E-state index is 0.546. The van der Waals surface area contributed by atoms with Gasteiger partial charge in [-0.3, -0.25) is 4.90 Å². The average Bonchev–Trinajstić information content (AvgIpc) is 2.12. The van der Waals surface area contributed by atoms with Crippen LogP contribution in [0.2, 0.25) is 0 Å². The van der Waals surface area contributed by atoms with Crippen LogP contribution >= 0.6 is 0 Å². The van der Waals surface area contributed by atoms with Crippen LogP contribution in [0.15, 0.2) is 12.2 Å². The van der Waals surface area contributed by atoms with Gasteiger partial charge in [-0.05, 0) is 24.9 Å². The molecule has 0 N–H and O–H groups in total. The van der Waals surface area contributed by atoms with E-state index in [2.05, 4.69) is 53.0 Å². The highest BCUT2D eigenvalue weighted by Crippen LogP contribution is 2.23. The highest BCUT2D eigenvalue weighted by molar-refractivity contribution is 5.09. The Labute approximate surface area is 90.2 Å². The largest absolute Gasteiger partial charge is 0.297 e. The standard InChI is InChI=1S/C13H27N/c1-8-14(9-2)13(11(5)6)12(7)10(3)4/h10-11,13H,7-9H2,1-6H3/t13-/m1/s1. The Balaban J connectivity index is 4.66. The zero-order chi connectivity index (χ0) is 11.3. The maximum absolute atomic E-state index is 4.25. The molecule has 0 aliphatic rings. The Bertz CT molecular complexity index is 166. The van der Waals surface area contributed by atoms with Gasteiger partial charge in [0.15, 0.2) is 0 Å².